The summed E-state index contributed by atoms with van der Waals surface area (Å²) >= 11 is 0. The fourth-order valence-corrected chi connectivity index (χ4v) is 3.67. The molecule has 0 bridgehead atoms. The van der Waals surface area contributed by atoms with E-state index in [1.54, 1.807) is 0 Å². The minimum atomic E-state index is 0.473. The SMILES string of the molecule is Cc1ccc(-n2nnc(C#N)c2CCC2CCCCC2)c(C)c1. The van der Waals surface area contributed by atoms with E-state index in [4.69, 9.17) is 0 Å². The Balaban J connectivity index is 1.86. The largest absolute Gasteiger partial charge is 0.216 e. The first-order valence-electron chi connectivity index (χ1n) is 8.61. The summed E-state index contributed by atoms with van der Waals surface area (Å²) in [6.07, 6.45) is 8.75. The molecule has 0 saturated heterocycles. The third kappa shape index (κ3) is 3.44. The molecule has 1 aromatic heterocycles. The third-order valence-corrected chi connectivity index (χ3v) is 4.96. The summed E-state index contributed by atoms with van der Waals surface area (Å²) in [6, 6.07) is 8.51. The number of hydrogen-bond donors (Lipinski definition) is 0. The molecule has 1 heterocycles. The van der Waals surface area contributed by atoms with E-state index in [9.17, 15) is 5.26 Å². The van der Waals surface area contributed by atoms with Gasteiger partial charge in [0, 0.05) is 0 Å². The highest BCUT2D eigenvalue weighted by Crippen LogP contribution is 2.28. The van der Waals surface area contributed by atoms with Crippen molar-refractivity contribution in [2.24, 2.45) is 5.92 Å². The summed E-state index contributed by atoms with van der Waals surface area (Å²) < 4.78 is 1.87. The van der Waals surface area contributed by atoms with E-state index in [1.165, 1.54) is 43.2 Å². The van der Waals surface area contributed by atoms with Gasteiger partial charge in [0.25, 0.3) is 0 Å². The van der Waals surface area contributed by atoms with Crippen LogP contribution in [0.5, 0.6) is 0 Å². The van der Waals surface area contributed by atoms with Crippen molar-refractivity contribution < 1.29 is 0 Å². The molecular formula is C19H24N4. The van der Waals surface area contributed by atoms with Crippen LogP contribution < -0.4 is 0 Å². The van der Waals surface area contributed by atoms with Gasteiger partial charge in [0.2, 0.25) is 0 Å². The molecule has 1 saturated carbocycles. The number of hydrogen-bond acceptors (Lipinski definition) is 3. The lowest BCUT2D eigenvalue weighted by Crippen LogP contribution is -2.10. The van der Waals surface area contributed by atoms with Crippen LogP contribution in [0, 0.1) is 31.1 Å². The van der Waals surface area contributed by atoms with E-state index in [2.05, 4.69) is 48.4 Å². The van der Waals surface area contributed by atoms with Crippen molar-refractivity contribution in [1.29, 1.82) is 5.26 Å². The van der Waals surface area contributed by atoms with Crippen molar-refractivity contribution in [2.45, 2.75) is 58.8 Å². The summed E-state index contributed by atoms with van der Waals surface area (Å²) in [4.78, 5) is 0. The predicted molar refractivity (Wildman–Crippen MR) is 90.4 cm³/mol. The molecule has 0 spiro atoms. The zero-order valence-electron chi connectivity index (χ0n) is 14.0. The highest BCUT2D eigenvalue weighted by atomic mass is 15.4. The van der Waals surface area contributed by atoms with Gasteiger partial charge in [-0.3, -0.25) is 0 Å². The molecule has 0 atom stereocenters. The molecule has 4 heteroatoms. The van der Waals surface area contributed by atoms with Crippen LogP contribution in [0.25, 0.3) is 5.69 Å². The van der Waals surface area contributed by atoms with Crippen molar-refractivity contribution in [3.63, 3.8) is 0 Å². The Labute approximate surface area is 138 Å². The standard InChI is InChI=1S/C19H24N4/c1-14-8-10-18(15(2)12-14)23-19(17(13-20)21-22-23)11-9-16-6-4-3-5-7-16/h8,10,12,16H,3-7,9,11H2,1-2H3. The smallest absolute Gasteiger partial charge is 0.186 e. The molecule has 0 amide bonds. The third-order valence-electron chi connectivity index (χ3n) is 4.96. The lowest BCUT2D eigenvalue weighted by atomic mass is 9.85. The van der Waals surface area contributed by atoms with Crippen LogP contribution in [0.3, 0.4) is 0 Å². The maximum absolute atomic E-state index is 9.36. The van der Waals surface area contributed by atoms with E-state index in [0.717, 1.165) is 30.1 Å². The maximum Gasteiger partial charge on any atom is 0.186 e. The van der Waals surface area contributed by atoms with Gasteiger partial charge in [0.1, 0.15) is 6.07 Å². The van der Waals surface area contributed by atoms with E-state index in [1.807, 2.05) is 4.68 Å². The van der Waals surface area contributed by atoms with Gasteiger partial charge in [-0.2, -0.15) is 5.26 Å². The van der Waals surface area contributed by atoms with Crippen molar-refractivity contribution in [1.82, 2.24) is 15.0 Å². The Hall–Kier alpha value is -2.15. The molecule has 0 unspecified atom stereocenters. The minimum absolute atomic E-state index is 0.473. The second kappa shape index (κ2) is 6.95. The average Bonchev–Trinajstić information content (AvgIpc) is 2.96. The predicted octanol–water partition coefficient (Wildman–Crippen LogP) is 4.27. The van der Waals surface area contributed by atoms with Gasteiger partial charge in [-0.1, -0.05) is 55.0 Å². The number of benzene rings is 1. The van der Waals surface area contributed by atoms with Crippen LogP contribution in [0.15, 0.2) is 18.2 Å². The van der Waals surface area contributed by atoms with Crippen molar-refractivity contribution >= 4 is 0 Å². The topological polar surface area (TPSA) is 54.5 Å². The first kappa shape index (κ1) is 15.7. The molecule has 0 radical (unpaired) electrons. The van der Waals surface area contributed by atoms with Gasteiger partial charge in [-0.05, 0) is 44.2 Å². The van der Waals surface area contributed by atoms with Gasteiger partial charge >= 0.3 is 0 Å². The van der Waals surface area contributed by atoms with E-state index in [-0.39, 0.29) is 0 Å². The Kier molecular flexibility index (Phi) is 4.76. The summed E-state index contributed by atoms with van der Waals surface area (Å²) in [7, 11) is 0. The van der Waals surface area contributed by atoms with Crippen LogP contribution in [-0.4, -0.2) is 15.0 Å². The second-order valence-corrected chi connectivity index (χ2v) is 6.74. The van der Waals surface area contributed by atoms with Crippen LogP contribution in [0.1, 0.15) is 61.0 Å². The second-order valence-electron chi connectivity index (χ2n) is 6.74. The van der Waals surface area contributed by atoms with Crippen LogP contribution >= 0.6 is 0 Å². The highest BCUT2D eigenvalue weighted by molar-refractivity contribution is 5.44. The maximum atomic E-state index is 9.36. The van der Waals surface area contributed by atoms with Crippen LogP contribution in [0.4, 0.5) is 0 Å². The number of nitriles is 1. The Morgan fingerprint density at radius 2 is 2.00 bits per heavy atom. The van der Waals surface area contributed by atoms with Crippen molar-refractivity contribution in [3.05, 3.63) is 40.7 Å². The lowest BCUT2D eigenvalue weighted by molar-refractivity contribution is 0.337. The van der Waals surface area contributed by atoms with Gasteiger partial charge in [0.15, 0.2) is 5.69 Å². The minimum Gasteiger partial charge on any atom is -0.216 e. The first-order valence-corrected chi connectivity index (χ1v) is 8.61. The van der Waals surface area contributed by atoms with E-state index < -0.39 is 0 Å². The Morgan fingerprint density at radius 3 is 2.70 bits per heavy atom. The molecule has 1 aliphatic rings. The Bertz CT molecular complexity index is 717. The van der Waals surface area contributed by atoms with Crippen LogP contribution in [0.2, 0.25) is 0 Å². The first-order chi connectivity index (χ1) is 11.2. The summed E-state index contributed by atoms with van der Waals surface area (Å²) in [5.41, 5.74) is 4.86. The molecule has 3 rings (SSSR count). The number of aryl methyl sites for hydroxylation is 2. The fraction of sp³-hybridized carbons (Fsp3) is 0.526. The van der Waals surface area contributed by atoms with E-state index in [0.29, 0.717) is 5.69 Å². The highest BCUT2D eigenvalue weighted by Gasteiger charge is 2.19. The number of nitrogens with zero attached hydrogens (tertiary/aromatic N) is 4. The quantitative estimate of drug-likeness (QED) is 0.847. The molecular weight excluding hydrogens is 284 g/mol. The molecule has 1 aromatic carbocycles. The monoisotopic (exact) mass is 308 g/mol. The zero-order chi connectivity index (χ0) is 16.2. The molecule has 2 aromatic rings. The van der Waals surface area contributed by atoms with Crippen LogP contribution in [-0.2, 0) is 6.42 Å². The van der Waals surface area contributed by atoms with Crippen molar-refractivity contribution in [3.8, 4) is 11.8 Å². The molecule has 4 nitrogen and oxygen atoms in total. The van der Waals surface area contributed by atoms with Crippen molar-refractivity contribution in [2.75, 3.05) is 0 Å². The molecule has 23 heavy (non-hydrogen) atoms. The zero-order valence-corrected chi connectivity index (χ0v) is 14.0. The molecule has 0 aliphatic heterocycles. The average molecular weight is 308 g/mol. The fourth-order valence-electron chi connectivity index (χ4n) is 3.67. The van der Waals surface area contributed by atoms with Gasteiger partial charge < -0.3 is 0 Å². The molecule has 0 N–H and O–H groups in total. The molecule has 1 aliphatic carbocycles. The van der Waals surface area contributed by atoms with Gasteiger partial charge in [-0.25, -0.2) is 4.68 Å². The lowest BCUT2D eigenvalue weighted by Gasteiger charge is -2.21. The number of rotatable bonds is 4. The van der Waals surface area contributed by atoms with E-state index >= 15 is 0 Å². The summed E-state index contributed by atoms with van der Waals surface area (Å²) in [5, 5.41) is 17.7. The van der Waals surface area contributed by atoms with Gasteiger partial charge in [0.05, 0.1) is 11.4 Å². The molecule has 120 valence electrons. The normalized spacial score (nSPS) is 15.5. The van der Waals surface area contributed by atoms with Gasteiger partial charge in [-0.15, -0.1) is 5.10 Å². The number of aromatic nitrogens is 3. The Morgan fingerprint density at radius 1 is 1.22 bits per heavy atom. The summed E-state index contributed by atoms with van der Waals surface area (Å²) in [5.74, 6) is 0.790. The summed E-state index contributed by atoms with van der Waals surface area (Å²) in [6.45, 7) is 4.17. The molecule has 1 fully saturated rings.